The molecule has 0 unspecified atom stereocenters. The highest BCUT2D eigenvalue weighted by Crippen LogP contribution is 2.31. The van der Waals surface area contributed by atoms with Gasteiger partial charge >= 0.3 is 0 Å². The number of anilines is 2. The molecule has 22 heteroatoms. The van der Waals surface area contributed by atoms with Crippen molar-refractivity contribution in [3.05, 3.63) is 144 Å². The van der Waals surface area contributed by atoms with Crippen LogP contribution in [0.4, 0.5) is 11.6 Å². The molecule has 6 N–H and O–H groups in total. The molecule has 3 aliphatic heterocycles. The number of nitrogens with one attached hydrogen (secondary N) is 6. The number of hydrogen-bond donors (Lipinski definition) is 6. The monoisotopic (exact) mass is 1080 g/mol. The average Bonchev–Trinajstić information content (AvgIpc) is 4.28. The minimum absolute atomic E-state index is 0.118. The summed E-state index contributed by atoms with van der Waals surface area (Å²) in [7, 11) is 0. The third-order valence-electron chi connectivity index (χ3n) is 14.7. The fraction of sp³-hybridized carbons (Fsp3) is 0.328. The topological polar surface area (TPSA) is 239 Å². The summed E-state index contributed by atoms with van der Waals surface area (Å²) >= 11 is 0. The van der Waals surface area contributed by atoms with Crippen molar-refractivity contribution < 1.29 is 23.9 Å². The van der Waals surface area contributed by atoms with Crippen LogP contribution in [-0.2, 0) is 17.8 Å². The molecule has 0 spiro atoms. The molecule has 9 aromatic rings. The molecular formula is C58H63N17O5. The summed E-state index contributed by atoms with van der Waals surface area (Å²) in [6.07, 6.45) is 13.5. The van der Waals surface area contributed by atoms with Crippen LogP contribution in [0.15, 0.2) is 116 Å². The number of fused-ring (bicyclic) bond motifs is 12. The van der Waals surface area contributed by atoms with E-state index in [9.17, 15) is 14.4 Å². The standard InChI is InChI=1S/C58H63N17O5/c76-56-42-6-3-5-41(32-42)47-35-65-74-19-8-51(69-54(47)74)60-12-21-71(23-14-63-56)17-2-1-4-39-28-43-33-45(29-39)57(77)64-15-24-72(22-13-61-52-9-20-75-55(70-52)48(43)36-67-75)25-27-79-38-40-30-44-34-46(31-40)80-26-16-59-10-11-62-58(78)50-7-18-73-53(68-50)49(44)37-66-73/h3,5-9,18-20,28-37,59H,1-2,4,10-17,21-27,38H2,(H,60,69)(H,61,70)(H,62,78)(H,63,76)(H,64,77). The Labute approximate surface area is 461 Å². The lowest BCUT2D eigenvalue weighted by molar-refractivity contribution is 0.0895. The third kappa shape index (κ3) is 12.1. The van der Waals surface area contributed by atoms with Crippen molar-refractivity contribution in [1.29, 1.82) is 0 Å². The predicted molar refractivity (Wildman–Crippen MR) is 303 cm³/mol. The van der Waals surface area contributed by atoms with E-state index < -0.39 is 0 Å². The van der Waals surface area contributed by atoms with E-state index in [-0.39, 0.29) is 17.7 Å². The number of ether oxygens (including phenoxy) is 2. The highest BCUT2D eigenvalue weighted by Gasteiger charge is 2.20. The van der Waals surface area contributed by atoms with Gasteiger partial charge in [0.05, 0.1) is 31.8 Å². The lowest BCUT2D eigenvalue weighted by Gasteiger charge is -2.23. The third-order valence-corrected chi connectivity index (χ3v) is 14.7. The number of carbonyl (C=O) groups is 3. The van der Waals surface area contributed by atoms with Crippen LogP contribution in [0.5, 0.6) is 5.75 Å². The van der Waals surface area contributed by atoms with Crippen LogP contribution in [0, 0.1) is 0 Å². The van der Waals surface area contributed by atoms with Crippen LogP contribution < -0.4 is 36.6 Å². The van der Waals surface area contributed by atoms with Crippen molar-refractivity contribution >= 4 is 46.3 Å². The molecule has 80 heavy (non-hydrogen) atoms. The summed E-state index contributed by atoms with van der Waals surface area (Å²) in [5.41, 5.74) is 10.5. The molecule has 0 radical (unpaired) electrons. The quantitative estimate of drug-likeness (QED) is 0.102. The number of rotatable bonds is 10. The van der Waals surface area contributed by atoms with Crippen molar-refractivity contribution in [3.8, 4) is 39.1 Å². The summed E-state index contributed by atoms with van der Waals surface area (Å²) < 4.78 is 17.8. The van der Waals surface area contributed by atoms with Crippen LogP contribution >= 0.6 is 0 Å². The minimum Gasteiger partial charge on any atom is -0.492 e. The highest BCUT2D eigenvalue weighted by molar-refractivity contribution is 5.97. The van der Waals surface area contributed by atoms with Gasteiger partial charge in [0, 0.05) is 125 Å². The molecule has 12 rings (SSSR count). The zero-order valence-corrected chi connectivity index (χ0v) is 44.4. The second-order valence-corrected chi connectivity index (χ2v) is 20.2. The smallest absolute Gasteiger partial charge is 0.270 e. The maximum Gasteiger partial charge on any atom is 0.270 e. The van der Waals surface area contributed by atoms with E-state index >= 15 is 0 Å². The first-order chi connectivity index (χ1) is 39.3. The van der Waals surface area contributed by atoms with Gasteiger partial charge in [0.25, 0.3) is 17.7 Å². The van der Waals surface area contributed by atoms with E-state index in [0.29, 0.717) is 126 Å². The molecule has 410 valence electrons. The number of hydrogen-bond acceptors (Lipinski definition) is 16. The van der Waals surface area contributed by atoms with Crippen LogP contribution in [0.1, 0.15) is 55.2 Å². The van der Waals surface area contributed by atoms with E-state index in [2.05, 4.69) is 68.0 Å². The maximum atomic E-state index is 14.1. The fourth-order valence-corrected chi connectivity index (χ4v) is 10.5. The second kappa shape index (κ2) is 24.0. The number of unbranched alkanes of at least 4 members (excludes halogenated alkanes) is 1. The Balaban J connectivity index is 0.696. The molecule has 6 aromatic heterocycles. The normalized spacial score (nSPS) is 16.1. The zero-order valence-electron chi connectivity index (χ0n) is 44.4. The Kier molecular flexibility index (Phi) is 15.6. The molecule has 3 aliphatic rings. The summed E-state index contributed by atoms with van der Waals surface area (Å²) in [4.78, 5) is 59.6. The number of aromatic nitrogens is 9. The van der Waals surface area contributed by atoms with Crippen LogP contribution in [0.25, 0.3) is 50.3 Å². The number of nitrogens with zero attached hydrogens (tertiary/aromatic N) is 11. The largest absolute Gasteiger partial charge is 0.492 e. The molecule has 3 amide bonds. The van der Waals surface area contributed by atoms with Crippen molar-refractivity contribution in [3.63, 3.8) is 0 Å². The lowest BCUT2D eigenvalue weighted by atomic mass is 9.98. The number of amides is 3. The first-order valence-corrected chi connectivity index (χ1v) is 27.4. The Morgan fingerprint density at radius 1 is 0.500 bits per heavy atom. The Bertz CT molecular complexity index is 3710. The van der Waals surface area contributed by atoms with E-state index in [1.165, 1.54) is 0 Å². The molecule has 0 atom stereocenters. The minimum atomic E-state index is -0.244. The van der Waals surface area contributed by atoms with E-state index in [1.807, 2.05) is 85.3 Å². The van der Waals surface area contributed by atoms with E-state index in [1.54, 1.807) is 38.2 Å². The van der Waals surface area contributed by atoms with Crippen molar-refractivity contribution in [2.45, 2.75) is 25.9 Å². The van der Waals surface area contributed by atoms with Crippen molar-refractivity contribution in [1.82, 2.24) is 74.9 Å². The molecule has 22 nitrogen and oxygen atoms in total. The summed E-state index contributed by atoms with van der Waals surface area (Å²) in [6.45, 7) is 9.26. The highest BCUT2D eigenvalue weighted by atomic mass is 16.5. The molecule has 0 saturated carbocycles. The molecule has 0 saturated heterocycles. The van der Waals surface area contributed by atoms with Crippen LogP contribution in [0.3, 0.4) is 0 Å². The number of benzene rings is 3. The second-order valence-electron chi connectivity index (χ2n) is 20.2. The van der Waals surface area contributed by atoms with Crippen LogP contribution in [-0.4, -0.2) is 170 Å². The Morgan fingerprint density at radius 3 is 1.80 bits per heavy atom. The number of carbonyl (C=O) groups excluding carboxylic acids is 3. The summed E-state index contributed by atoms with van der Waals surface area (Å²) in [5.74, 6) is 1.69. The van der Waals surface area contributed by atoms with E-state index in [4.69, 9.17) is 19.4 Å². The van der Waals surface area contributed by atoms with Crippen molar-refractivity contribution in [2.24, 2.45) is 0 Å². The fourth-order valence-electron chi connectivity index (χ4n) is 10.5. The summed E-state index contributed by atoms with van der Waals surface area (Å²) in [5, 5.41) is 33.3. The van der Waals surface area contributed by atoms with Gasteiger partial charge in [0.15, 0.2) is 16.9 Å². The van der Waals surface area contributed by atoms with E-state index in [0.717, 1.165) is 94.1 Å². The molecule has 0 aliphatic carbocycles. The SMILES string of the molecule is O=C1NCCN(CCCCc2cc3cc(c2)-c2cnn4ccc(nc24)NCCN(CCOCc2cc4cc(c2)-c2cnn5ccc(nc25)C(=O)NCCNCCO4)CCNC3=O)CCNc2ccn3ncc(c3n2)-c2cccc1c2. The van der Waals surface area contributed by atoms with Gasteiger partial charge < -0.3 is 41.4 Å². The van der Waals surface area contributed by atoms with Gasteiger partial charge in [-0.25, -0.2) is 28.5 Å². The summed E-state index contributed by atoms with van der Waals surface area (Å²) in [6, 6.07) is 25.2. The van der Waals surface area contributed by atoms with Crippen molar-refractivity contribution in [2.75, 3.05) is 109 Å². The van der Waals surface area contributed by atoms with Gasteiger partial charge in [-0.15, -0.1) is 0 Å². The lowest BCUT2D eigenvalue weighted by Crippen LogP contribution is -2.39. The van der Waals surface area contributed by atoms with Gasteiger partial charge in [-0.2, -0.15) is 15.3 Å². The number of aryl methyl sites for hydroxylation is 1. The van der Waals surface area contributed by atoms with Gasteiger partial charge in [-0.05, 0) is 114 Å². The Hall–Kier alpha value is -8.83. The molecule has 12 bridgehead atoms. The van der Waals surface area contributed by atoms with Gasteiger partial charge in [-0.1, -0.05) is 18.2 Å². The first kappa shape index (κ1) is 51.9. The molecule has 0 fully saturated rings. The first-order valence-electron chi connectivity index (χ1n) is 27.4. The Morgan fingerprint density at radius 2 is 1.07 bits per heavy atom. The molecule has 3 aromatic carbocycles. The molecular weight excluding hydrogens is 1010 g/mol. The van der Waals surface area contributed by atoms with Crippen LogP contribution in [0.2, 0.25) is 0 Å². The average molecular weight is 1080 g/mol. The predicted octanol–water partition coefficient (Wildman–Crippen LogP) is 4.68. The van der Waals surface area contributed by atoms with Gasteiger partial charge in [0.2, 0.25) is 0 Å². The van der Waals surface area contributed by atoms with Gasteiger partial charge in [0.1, 0.15) is 29.7 Å². The van der Waals surface area contributed by atoms with Gasteiger partial charge in [-0.3, -0.25) is 24.2 Å². The zero-order chi connectivity index (χ0) is 54.2. The maximum absolute atomic E-state index is 14.1. The molecule has 9 heterocycles.